The molecule has 1 aromatic heterocycles. The third kappa shape index (κ3) is 5.53. The minimum atomic E-state index is -4.50. The summed E-state index contributed by atoms with van der Waals surface area (Å²) in [7, 11) is 0. The van der Waals surface area contributed by atoms with Crippen LogP contribution in [-0.4, -0.2) is 27.6 Å². The number of nitrogens with one attached hydrogen (secondary N) is 1. The second-order valence-corrected chi connectivity index (χ2v) is 8.57. The number of alkyl halides is 3. The van der Waals surface area contributed by atoms with E-state index in [9.17, 15) is 22.8 Å². The summed E-state index contributed by atoms with van der Waals surface area (Å²) in [5.74, 6) is -0.745. The summed E-state index contributed by atoms with van der Waals surface area (Å²) < 4.78 is 38.6. The molecule has 0 aliphatic carbocycles. The third-order valence-electron chi connectivity index (χ3n) is 3.15. The first-order valence-corrected chi connectivity index (χ1v) is 9.25. The smallest absolute Gasteiger partial charge is 0.300 e. The Morgan fingerprint density at radius 3 is 2.50 bits per heavy atom. The third-order valence-corrected chi connectivity index (χ3v) is 5.12. The van der Waals surface area contributed by atoms with Crippen LogP contribution in [0.1, 0.15) is 36.7 Å². The number of aromatic nitrogens is 2. The van der Waals surface area contributed by atoms with E-state index in [-0.39, 0.29) is 17.2 Å². The molecule has 0 saturated heterocycles. The highest BCUT2D eigenvalue weighted by Crippen LogP contribution is 2.31. The number of Topliss-reactive ketones (excluding diaryl/α,β-unsaturated/α-hetero) is 1. The van der Waals surface area contributed by atoms with Crippen LogP contribution >= 0.6 is 23.1 Å². The molecule has 0 fully saturated rings. The van der Waals surface area contributed by atoms with Gasteiger partial charge in [-0.05, 0) is 12.1 Å². The van der Waals surface area contributed by atoms with Gasteiger partial charge in [0.1, 0.15) is 0 Å². The van der Waals surface area contributed by atoms with E-state index >= 15 is 0 Å². The Labute approximate surface area is 156 Å². The van der Waals surface area contributed by atoms with E-state index in [0.29, 0.717) is 9.47 Å². The predicted molar refractivity (Wildman–Crippen MR) is 94.5 cm³/mol. The lowest BCUT2D eigenvalue weighted by molar-refractivity contribution is -0.137. The highest BCUT2D eigenvalue weighted by atomic mass is 32.2. The van der Waals surface area contributed by atoms with Crippen LogP contribution in [0.4, 0.5) is 18.3 Å². The van der Waals surface area contributed by atoms with Crippen LogP contribution in [0.5, 0.6) is 0 Å². The average Bonchev–Trinajstić information content (AvgIpc) is 2.98. The zero-order valence-corrected chi connectivity index (χ0v) is 15.8. The van der Waals surface area contributed by atoms with Gasteiger partial charge in [0.15, 0.2) is 10.1 Å². The number of hydrogen-bond donors (Lipinski definition) is 1. The van der Waals surface area contributed by atoms with Gasteiger partial charge in [-0.1, -0.05) is 56.0 Å². The van der Waals surface area contributed by atoms with Crippen molar-refractivity contribution in [3.05, 3.63) is 35.4 Å². The molecule has 0 radical (unpaired) electrons. The quantitative estimate of drug-likeness (QED) is 0.452. The molecule has 2 aromatic rings. The number of amides is 1. The van der Waals surface area contributed by atoms with E-state index in [2.05, 4.69) is 15.5 Å². The van der Waals surface area contributed by atoms with Gasteiger partial charge in [-0.25, -0.2) is 0 Å². The molecular weight excluding hydrogens is 387 g/mol. The summed E-state index contributed by atoms with van der Waals surface area (Å²) in [4.78, 5) is 24.0. The minimum absolute atomic E-state index is 0.0156. The standard InChI is InChI=1S/C16H16F3N3O2S2/c1-15(2,3)12(24)20-13-21-22-14(26-13)25-8-11(23)9-5-4-6-10(7-9)16(17,18)19/h4-7H,8H2,1-3H3,(H,20,21,24). The molecule has 5 nitrogen and oxygen atoms in total. The molecular formula is C16H16F3N3O2S2. The van der Waals surface area contributed by atoms with Crippen molar-refractivity contribution in [3.63, 3.8) is 0 Å². The summed E-state index contributed by atoms with van der Waals surface area (Å²) in [5, 5.41) is 10.6. The summed E-state index contributed by atoms with van der Waals surface area (Å²) in [6.07, 6.45) is -4.50. The van der Waals surface area contributed by atoms with Crippen molar-refractivity contribution in [2.24, 2.45) is 5.41 Å². The molecule has 0 spiro atoms. The number of carbonyl (C=O) groups is 2. The van der Waals surface area contributed by atoms with Crippen molar-refractivity contribution < 1.29 is 22.8 Å². The van der Waals surface area contributed by atoms with Gasteiger partial charge in [-0.3, -0.25) is 9.59 Å². The molecule has 0 aliphatic heterocycles. The molecule has 10 heteroatoms. The molecule has 0 aliphatic rings. The second kappa shape index (κ2) is 7.75. The lowest BCUT2D eigenvalue weighted by atomic mass is 9.96. The maximum atomic E-state index is 12.7. The molecule has 140 valence electrons. The van der Waals surface area contributed by atoms with E-state index in [4.69, 9.17) is 0 Å². The van der Waals surface area contributed by atoms with Gasteiger partial charge < -0.3 is 5.32 Å². The number of hydrogen-bond acceptors (Lipinski definition) is 6. The molecule has 0 atom stereocenters. The SMILES string of the molecule is CC(C)(C)C(=O)Nc1nnc(SCC(=O)c2cccc(C(F)(F)F)c2)s1. The number of benzene rings is 1. The average molecular weight is 403 g/mol. The van der Waals surface area contributed by atoms with Crippen molar-refractivity contribution in [2.75, 3.05) is 11.1 Å². The van der Waals surface area contributed by atoms with Crippen molar-refractivity contribution >= 4 is 39.9 Å². The minimum Gasteiger partial charge on any atom is -0.300 e. The number of anilines is 1. The second-order valence-electron chi connectivity index (χ2n) is 6.37. The molecule has 1 amide bonds. The van der Waals surface area contributed by atoms with Crippen LogP contribution < -0.4 is 5.32 Å². The maximum Gasteiger partial charge on any atom is 0.416 e. The Bertz CT molecular complexity index is 814. The van der Waals surface area contributed by atoms with Crippen LogP contribution in [0.15, 0.2) is 28.6 Å². The largest absolute Gasteiger partial charge is 0.416 e. The van der Waals surface area contributed by atoms with Crippen LogP contribution in [0.25, 0.3) is 0 Å². The Morgan fingerprint density at radius 1 is 1.19 bits per heavy atom. The van der Waals surface area contributed by atoms with Gasteiger partial charge in [0.05, 0.1) is 11.3 Å². The number of nitrogens with zero attached hydrogens (tertiary/aromatic N) is 2. The first-order chi connectivity index (χ1) is 12.0. The monoisotopic (exact) mass is 403 g/mol. The Balaban J connectivity index is 1.97. The van der Waals surface area contributed by atoms with E-state index < -0.39 is 22.9 Å². The molecule has 26 heavy (non-hydrogen) atoms. The first kappa shape index (κ1) is 20.4. The molecule has 1 heterocycles. The molecule has 1 aromatic carbocycles. The van der Waals surface area contributed by atoms with Gasteiger partial charge >= 0.3 is 6.18 Å². The fraction of sp³-hybridized carbons (Fsp3) is 0.375. The molecule has 2 rings (SSSR count). The zero-order chi connectivity index (χ0) is 19.5. The topological polar surface area (TPSA) is 72.0 Å². The Hall–Kier alpha value is -1.94. The number of rotatable bonds is 5. The van der Waals surface area contributed by atoms with Crippen LogP contribution in [0, 0.1) is 5.41 Å². The zero-order valence-electron chi connectivity index (χ0n) is 14.2. The fourth-order valence-electron chi connectivity index (χ4n) is 1.68. The highest BCUT2D eigenvalue weighted by Gasteiger charge is 2.31. The maximum absolute atomic E-state index is 12.7. The Morgan fingerprint density at radius 2 is 1.88 bits per heavy atom. The van der Waals surface area contributed by atoms with E-state index in [1.807, 2.05) is 0 Å². The van der Waals surface area contributed by atoms with E-state index in [1.54, 1.807) is 20.8 Å². The van der Waals surface area contributed by atoms with Crippen LogP contribution in [0.3, 0.4) is 0 Å². The summed E-state index contributed by atoms with van der Waals surface area (Å²) in [5.41, 5.74) is -1.46. The van der Waals surface area contributed by atoms with Crippen molar-refractivity contribution in [3.8, 4) is 0 Å². The summed E-state index contributed by atoms with van der Waals surface area (Å²) >= 11 is 2.15. The van der Waals surface area contributed by atoms with Gasteiger partial charge in [0.2, 0.25) is 11.0 Å². The van der Waals surface area contributed by atoms with Gasteiger partial charge in [-0.15, -0.1) is 10.2 Å². The van der Waals surface area contributed by atoms with Gasteiger partial charge in [0.25, 0.3) is 0 Å². The van der Waals surface area contributed by atoms with Crippen molar-refractivity contribution in [1.29, 1.82) is 0 Å². The molecule has 0 unspecified atom stereocenters. The first-order valence-electron chi connectivity index (χ1n) is 7.45. The fourth-order valence-corrected chi connectivity index (χ4v) is 3.32. The Kier molecular flexibility index (Phi) is 6.07. The molecule has 1 N–H and O–H groups in total. The number of halogens is 3. The lowest BCUT2D eigenvalue weighted by Crippen LogP contribution is -2.27. The predicted octanol–water partition coefficient (Wildman–Crippen LogP) is 4.52. The van der Waals surface area contributed by atoms with Crippen molar-refractivity contribution in [2.45, 2.75) is 31.3 Å². The van der Waals surface area contributed by atoms with Gasteiger partial charge in [-0.2, -0.15) is 13.2 Å². The number of carbonyl (C=O) groups excluding carboxylic acids is 2. The normalized spacial score (nSPS) is 12.1. The molecule has 0 bridgehead atoms. The number of thioether (sulfide) groups is 1. The molecule has 0 saturated carbocycles. The highest BCUT2D eigenvalue weighted by molar-refractivity contribution is 8.01. The van der Waals surface area contributed by atoms with E-state index in [1.165, 1.54) is 12.1 Å². The van der Waals surface area contributed by atoms with Crippen LogP contribution in [0.2, 0.25) is 0 Å². The number of ketones is 1. The summed E-state index contributed by atoms with van der Waals surface area (Å²) in [6.45, 7) is 5.27. The van der Waals surface area contributed by atoms with Crippen LogP contribution in [-0.2, 0) is 11.0 Å². The van der Waals surface area contributed by atoms with E-state index in [0.717, 1.165) is 35.2 Å². The summed E-state index contributed by atoms with van der Waals surface area (Å²) in [6, 6.07) is 4.29. The van der Waals surface area contributed by atoms with Crippen molar-refractivity contribution in [1.82, 2.24) is 10.2 Å². The lowest BCUT2D eigenvalue weighted by Gasteiger charge is -2.15. The van der Waals surface area contributed by atoms with Gasteiger partial charge in [0, 0.05) is 11.0 Å².